The SMILES string of the molecule is CN(C)S(=O)(=O)N1CC[C@@H](O)C1. The molecular weight excluding hydrogens is 180 g/mol. The van der Waals surface area contributed by atoms with E-state index in [9.17, 15) is 8.42 Å². The molecule has 1 N–H and O–H groups in total. The minimum Gasteiger partial charge on any atom is -0.392 e. The molecule has 0 aromatic rings. The van der Waals surface area contributed by atoms with Crippen LogP contribution in [0.1, 0.15) is 6.42 Å². The highest BCUT2D eigenvalue weighted by molar-refractivity contribution is 7.86. The van der Waals surface area contributed by atoms with Crippen molar-refractivity contribution in [3.63, 3.8) is 0 Å². The maximum atomic E-state index is 11.4. The molecule has 0 aromatic carbocycles. The number of aliphatic hydroxyl groups excluding tert-OH is 1. The standard InChI is InChI=1S/C6H14N2O3S/c1-7(2)12(10,11)8-4-3-6(9)5-8/h6,9H,3-5H2,1-2H3/t6-/m1/s1. The maximum absolute atomic E-state index is 11.4. The van der Waals surface area contributed by atoms with Gasteiger partial charge in [-0.15, -0.1) is 0 Å². The Morgan fingerprint density at radius 1 is 1.50 bits per heavy atom. The number of β-amino-alcohol motifs (C(OH)–C–C–N with tert-alkyl or cyclic N) is 1. The van der Waals surface area contributed by atoms with Crippen molar-refractivity contribution in [2.45, 2.75) is 12.5 Å². The highest BCUT2D eigenvalue weighted by Crippen LogP contribution is 2.14. The van der Waals surface area contributed by atoms with Gasteiger partial charge in [-0.25, -0.2) is 0 Å². The zero-order valence-corrected chi connectivity index (χ0v) is 8.08. The van der Waals surface area contributed by atoms with Gasteiger partial charge >= 0.3 is 0 Å². The predicted molar refractivity (Wildman–Crippen MR) is 44.8 cm³/mol. The largest absolute Gasteiger partial charge is 0.392 e. The van der Waals surface area contributed by atoms with Gasteiger partial charge in [0.25, 0.3) is 10.2 Å². The van der Waals surface area contributed by atoms with Crippen molar-refractivity contribution >= 4 is 10.2 Å². The monoisotopic (exact) mass is 194 g/mol. The van der Waals surface area contributed by atoms with Gasteiger partial charge in [0, 0.05) is 27.2 Å². The van der Waals surface area contributed by atoms with E-state index in [1.165, 1.54) is 18.4 Å². The lowest BCUT2D eigenvalue weighted by molar-refractivity contribution is 0.188. The van der Waals surface area contributed by atoms with Crippen LogP contribution in [0.2, 0.25) is 0 Å². The van der Waals surface area contributed by atoms with Crippen LogP contribution in [0.15, 0.2) is 0 Å². The van der Waals surface area contributed by atoms with Crippen LogP contribution in [0.25, 0.3) is 0 Å². The fourth-order valence-corrected chi connectivity index (χ4v) is 2.31. The summed E-state index contributed by atoms with van der Waals surface area (Å²) in [6, 6.07) is 0. The third kappa shape index (κ3) is 1.77. The quantitative estimate of drug-likeness (QED) is 0.604. The van der Waals surface area contributed by atoms with Crippen molar-refractivity contribution in [3.05, 3.63) is 0 Å². The minimum absolute atomic E-state index is 0.223. The molecule has 6 heteroatoms. The number of nitrogens with zero attached hydrogens (tertiary/aromatic N) is 2. The zero-order valence-electron chi connectivity index (χ0n) is 7.27. The van der Waals surface area contributed by atoms with Gasteiger partial charge in [0.2, 0.25) is 0 Å². The summed E-state index contributed by atoms with van der Waals surface area (Å²) in [5, 5.41) is 9.12. The van der Waals surface area contributed by atoms with Crippen molar-refractivity contribution in [3.8, 4) is 0 Å². The van der Waals surface area contributed by atoms with Crippen molar-refractivity contribution in [2.75, 3.05) is 27.2 Å². The molecule has 72 valence electrons. The maximum Gasteiger partial charge on any atom is 0.281 e. The first-order valence-corrected chi connectivity index (χ1v) is 5.20. The fourth-order valence-electron chi connectivity index (χ4n) is 1.15. The summed E-state index contributed by atoms with van der Waals surface area (Å²) in [4.78, 5) is 0. The second-order valence-corrected chi connectivity index (χ2v) is 5.23. The highest BCUT2D eigenvalue weighted by Gasteiger charge is 2.31. The first kappa shape index (κ1) is 9.91. The van der Waals surface area contributed by atoms with E-state index in [2.05, 4.69) is 0 Å². The molecule has 0 amide bonds. The molecule has 1 aliphatic heterocycles. The van der Waals surface area contributed by atoms with Crippen molar-refractivity contribution < 1.29 is 13.5 Å². The van der Waals surface area contributed by atoms with Crippen molar-refractivity contribution in [2.24, 2.45) is 0 Å². The summed E-state index contributed by atoms with van der Waals surface area (Å²) in [7, 11) is -0.331. The van der Waals surface area contributed by atoms with E-state index in [0.717, 1.165) is 4.31 Å². The summed E-state index contributed by atoms with van der Waals surface area (Å²) in [6.45, 7) is 0.641. The third-order valence-electron chi connectivity index (χ3n) is 1.91. The molecule has 0 spiro atoms. The van der Waals surface area contributed by atoms with Gasteiger partial charge < -0.3 is 5.11 Å². The Bertz CT molecular complexity index is 250. The molecule has 1 heterocycles. The fraction of sp³-hybridized carbons (Fsp3) is 1.00. The Morgan fingerprint density at radius 2 is 2.08 bits per heavy atom. The molecule has 1 atom stereocenters. The Balaban J connectivity index is 2.71. The number of hydrogen-bond acceptors (Lipinski definition) is 3. The van der Waals surface area contributed by atoms with Crippen molar-refractivity contribution in [1.82, 2.24) is 8.61 Å². The first-order chi connectivity index (χ1) is 5.44. The Hall–Kier alpha value is -0.170. The first-order valence-electron chi connectivity index (χ1n) is 3.80. The molecule has 5 nitrogen and oxygen atoms in total. The lowest BCUT2D eigenvalue weighted by Crippen LogP contribution is -2.38. The van der Waals surface area contributed by atoms with Crippen LogP contribution >= 0.6 is 0 Å². The van der Waals surface area contributed by atoms with Gasteiger partial charge in [-0.3, -0.25) is 0 Å². The smallest absolute Gasteiger partial charge is 0.281 e. The van der Waals surface area contributed by atoms with Crippen LogP contribution in [0.3, 0.4) is 0 Å². The predicted octanol–water partition coefficient (Wildman–Crippen LogP) is -1.14. The lowest BCUT2D eigenvalue weighted by atomic mass is 10.3. The average Bonchev–Trinajstić information content (AvgIpc) is 2.35. The number of hydrogen-bond donors (Lipinski definition) is 1. The Kier molecular flexibility index (Phi) is 2.72. The molecule has 12 heavy (non-hydrogen) atoms. The second-order valence-electron chi connectivity index (χ2n) is 3.09. The minimum atomic E-state index is -3.30. The van der Waals surface area contributed by atoms with E-state index in [1.54, 1.807) is 0 Å². The normalized spacial score (nSPS) is 26.8. The summed E-state index contributed by atoms with van der Waals surface area (Å²) in [6.07, 6.45) is 0.0345. The van der Waals surface area contributed by atoms with E-state index in [-0.39, 0.29) is 6.54 Å². The molecule has 1 rings (SSSR count). The van der Waals surface area contributed by atoms with E-state index < -0.39 is 16.3 Å². The third-order valence-corrected chi connectivity index (χ3v) is 3.82. The van der Waals surface area contributed by atoms with Crippen molar-refractivity contribution in [1.29, 1.82) is 0 Å². The van der Waals surface area contributed by atoms with E-state index in [1.807, 2.05) is 0 Å². The van der Waals surface area contributed by atoms with Gasteiger partial charge in [-0.1, -0.05) is 0 Å². The second kappa shape index (κ2) is 3.29. The van der Waals surface area contributed by atoms with Crippen LogP contribution in [0, 0.1) is 0 Å². The summed E-state index contributed by atoms with van der Waals surface area (Å²) >= 11 is 0. The van der Waals surface area contributed by atoms with Gasteiger partial charge in [0.15, 0.2) is 0 Å². The van der Waals surface area contributed by atoms with Gasteiger partial charge in [0.1, 0.15) is 0 Å². The van der Waals surface area contributed by atoms with Crippen LogP contribution in [-0.4, -0.2) is 55.4 Å². The lowest BCUT2D eigenvalue weighted by Gasteiger charge is -2.19. The summed E-state index contributed by atoms with van der Waals surface area (Å²) in [5.41, 5.74) is 0. The van der Waals surface area contributed by atoms with E-state index >= 15 is 0 Å². The van der Waals surface area contributed by atoms with Crippen LogP contribution in [0.4, 0.5) is 0 Å². The summed E-state index contributed by atoms with van der Waals surface area (Å²) < 4.78 is 25.3. The van der Waals surface area contributed by atoms with Crippen LogP contribution < -0.4 is 0 Å². The van der Waals surface area contributed by atoms with E-state index in [0.29, 0.717) is 13.0 Å². The Morgan fingerprint density at radius 3 is 2.42 bits per heavy atom. The molecule has 0 saturated carbocycles. The molecule has 0 radical (unpaired) electrons. The molecule has 0 unspecified atom stereocenters. The van der Waals surface area contributed by atoms with E-state index in [4.69, 9.17) is 5.11 Å². The van der Waals surface area contributed by atoms with Gasteiger partial charge in [-0.05, 0) is 6.42 Å². The molecule has 0 bridgehead atoms. The molecule has 1 aliphatic rings. The van der Waals surface area contributed by atoms with Gasteiger partial charge in [-0.2, -0.15) is 17.0 Å². The number of rotatable bonds is 2. The molecule has 1 saturated heterocycles. The Labute approximate surface area is 72.8 Å². The molecule has 0 aromatic heterocycles. The number of aliphatic hydroxyl groups is 1. The molecule has 0 aliphatic carbocycles. The van der Waals surface area contributed by atoms with Crippen LogP contribution in [-0.2, 0) is 10.2 Å². The molecular formula is C6H14N2O3S. The summed E-state index contributed by atoms with van der Waals surface area (Å²) in [5.74, 6) is 0. The highest BCUT2D eigenvalue weighted by atomic mass is 32.2. The van der Waals surface area contributed by atoms with Crippen LogP contribution in [0.5, 0.6) is 0 Å². The topological polar surface area (TPSA) is 60.9 Å². The molecule has 1 fully saturated rings. The van der Waals surface area contributed by atoms with Gasteiger partial charge in [0.05, 0.1) is 6.10 Å². The average molecular weight is 194 g/mol. The zero-order chi connectivity index (χ0) is 9.35.